The number of allylic oxidation sites excluding steroid dienone is 6. The zero-order valence-electron chi connectivity index (χ0n) is 30.1. The lowest BCUT2D eigenvalue weighted by atomic mass is 10.0. The van der Waals surface area contributed by atoms with Crippen LogP contribution in [-0.4, -0.2) is 24.1 Å². The van der Waals surface area contributed by atoms with Gasteiger partial charge in [0.15, 0.2) is 0 Å². The fourth-order valence-corrected chi connectivity index (χ4v) is 6.41. The van der Waals surface area contributed by atoms with Crippen LogP contribution in [0.3, 0.4) is 0 Å². The Balaban J connectivity index is 2.65. The molecule has 0 aromatic heterocycles. The summed E-state index contributed by atoms with van der Waals surface area (Å²) in [5, 5.41) is 0. The summed E-state index contributed by atoms with van der Waals surface area (Å²) < 4.78 is 1.31. The highest BCUT2D eigenvalue weighted by molar-refractivity contribution is 5.13. The van der Waals surface area contributed by atoms with E-state index in [2.05, 4.69) is 87.6 Å². The van der Waals surface area contributed by atoms with Crippen LogP contribution in [0, 0.1) is 0 Å². The molecule has 0 aliphatic carbocycles. The van der Waals surface area contributed by atoms with Gasteiger partial charge in [-0.25, -0.2) is 0 Å². The first kappa shape index (κ1) is 40.4. The van der Waals surface area contributed by atoms with Crippen molar-refractivity contribution in [2.24, 2.45) is 0 Å². The minimum absolute atomic E-state index is 1.22. The SMILES string of the molecule is CCCC/C=C/CCCCCC[N+](CCCCCC/C=C/CCCC)(CCCCCC/C=C/CCCC)Cc1ccccc1. The third-order valence-electron chi connectivity index (χ3n) is 9.29. The van der Waals surface area contributed by atoms with E-state index in [1.54, 1.807) is 5.56 Å². The van der Waals surface area contributed by atoms with E-state index in [-0.39, 0.29) is 0 Å². The van der Waals surface area contributed by atoms with Gasteiger partial charge in [-0.2, -0.15) is 0 Å². The maximum absolute atomic E-state index is 2.44. The first-order chi connectivity index (χ1) is 21.8. The normalized spacial score (nSPS) is 12.4. The molecule has 252 valence electrons. The second-order valence-corrected chi connectivity index (χ2v) is 13.6. The van der Waals surface area contributed by atoms with Gasteiger partial charge < -0.3 is 4.48 Å². The molecule has 0 radical (unpaired) electrons. The molecule has 1 nitrogen and oxygen atoms in total. The molecule has 1 rings (SSSR count). The Hall–Kier alpha value is -1.60. The smallest absolute Gasteiger partial charge is 0.104 e. The van der Waals surface area contributed by atoms with Gasteiger partial charge >= 0.3 is 0 Å². The molecular weight excluding hydrogens is 530 g/mol. The summed E-state index contributed by atoms with van der Waals surface area (Å²) in [5.74, 6) is 0. The molecule has 1 aromatic carbocycles. The zero-order chi connectivity index (χ0) is 31.7. The number of rotatable bonds is 32. The van der Waals surface area contributed by atoms with Crippen molar-refractivity contribution < 1.29 is 4.48 Å². The largest absolute Gasteiger partial charge is 0.320 e. The number of hydrogen-bond acceptors (Lipinski definition) is 0. The Morgan fingerprint density at radius 3 is 1.05 bits per heavy atom. The summed E-state index contributed by atoms with van der Waals surface area (Å²) >= 11 is 0. The number of hydrogen-bond donors (Lipinski definition) is 0. The molecule has 0 heterocycles. The van der Waals surface area contributed by atoms with E-state index in [1.807, 2.05) is 0 Å². The number of unbranched alkanes of at least 4 members (excludes halogenated alkanes) is 18. The van der Waals surface area contributed by atoms with Gasteiger partial charge in [0.25, 0.3) is 0 Å². The number of quaternary nitrogens is 1. The van der Waals surface area contributed by atoms with Crippen LogP contribution in [0.5, 0.6) is 0 Å². The lowest BCUT2D eigenvalue weighted by Gasteiger charge is -2.39. The predicted octanol–water partition coefficient (Wildman–Crippen LogP) is 14.1. The van der Waals surface area contributed by atoms with E-state index in [9.17, 15) is 0 Å². The van der Waals surface area contributed by atoms with Gasteiger partial charge in [-0.1, -0.05) is 145 Å². The highest BCUT2D eigenvalue weighted by atomic mass is 15.3. The first-order valence-electron chi connectivity index (χ1n) is 19.6. The molecule has 0 unspecified atom stereocenters. The van der Waals surface area contributed by atoms with Gasteiger partial charge in [0, 0.05) is 5.56 Å². The fraction of sp³-hybridized carbons (Fsp3) is 0.721. The van der Waals surface area contributed by atoms with E-state index in [0.29, 0.717) is 0 Å². The van der Waals surface area contributed by atoms with Crippen LogP contribution in [0.4, 0.5) is 0 Å². The summed E-state index contributed by atoms with van der Waals surface area (Å²) in [6, 6.07) is 11.4. The third kappa shape index (κ3) is 24.7. The summed E-state index contributed by atoms with van der Waals surface area (Å²) in [6.07, 6.45) is 46.7. The van der Waals surface area contributed by atoms with Crippen LogP contribution in [0.1, 0.15) is 180 Å². The van der Waals surface area contributed by atoms with Crippen LogP contribution < -0.4 is 0 Å². The van der Waals surface area contributed by atoms with Gasteiger partial charge in [-0.05, 0) is 96.3 Å². The quantitative estimate of drug-likeness (QED) is 0.0435. The van der Waals surface area contributed by atoms with Crippen LogP contribution in [0.15, 0.2) is 66.8 Å². The van der Waals surface area contributed by atoms with Crippen molar-refractivity contribution in [3.8, 4) is 0 Å². The van der Waals surface area contributed by atoms with Crippen molar-refractivity contribution >= 4 is 0 Å². The van der Waals surface area contributed by atoms with E-state index in [1.165, 1.54) is 185 Å². The van der Waals surface area contributed by atoms with Gasteiger partial charge in [0.1, 0.15) is 6.54 Å². The summed E-state index contributed by atoms with van der Waals surface area (Å²) in [5.41, 5.74) is 1.54. The first-order valence-corrected chi connectivity index (χ1v) is 19.6. The Labute approximate surface area is 277 Å². The molecule has 0 atom stereocenters. The Kier molecular flexibility index (Phi) is 28.8. The maximum atomic E-state index is 2.44. The Morgan fingerprint density at radius 1 is 0.386 bits per heavy atom. The van der Waals surface area contributed by atoms with Crippen molar-refractivity contribution in [2.75, 3.05) is 19.6 Å². The van der Waals surface area contributed by atoms with Crippen molar-refractivity contribution in [2.45, 2.75) is 181 Å². The predicted molar refractivity (Wildman–Crippen MR) is 200 cm³/mol. The maximum Gasteiger partial charge on any atom is 0.104 e. The molecule has 0 saturated carbocycles. The molecule has 0 spiro atoms. The standard InChI is InChI=1S/C43H76N/c1-4-7-10-13-16-19-22-25-28-34-39-44(42-43-37-32-31-33-38-43,40-35-29-26-23-20-17-14-11-8-5-2)41-36-30-27-24-21-18-15-12-9-6-3/h13-18,31-33,37-38H,4-12,19-30,34-36,39-42H2,1-3H3/q+1/b16-13+,17-14+,18-15+. The molecule has 1 aromatic rings. The monoisotopic (exact) mass is 607 g/mol. The van der Waals surface area contributed by atoms with Crippen molar-refractivity contribution in [1.82, 2.24) is 0 Å². The van der Waals surface area contributed by atoms with E-state index >= 15 is 0 Å². The average Bonchev–Trinajstić information content (AvgIpc) is 3.04. The molecule has 1 heteroatoms. The third-order valence-corrected chi connectivity index (χ3v) is 9.29. The topological polar surface area (TPSA) is 0 Å². The van der Waals surface area contributed by atoms with Gasteiger partial charge in [-0.3, -0.25) is 0 Å². The van der Waals surface area contributed by atoms with Crippen molar-refractivity contribution in [1.29, 1.82) is 0 Å². The van der Waals surface area contributed by atoms with Crippen LogP contribution >= 0.6 is 0 Å². The molecule has 0 aliphatic rings. The van der Waals surface area contributed by atoms with Crippen LogP contribution in [-0.2, 0) is 6.54 Å². The minimum Gasteiger partial charge on any atom is -0.320 e. The molecule has 0 bridgehead atoms. The molecule has 0 amide bonds. The molecular formula is C43H76N+. The van der Waals surface area contributed by atoms with Crippen molar-refractivity contribution in [3.63, 3.8) is 0 Å². The molecule has 0 aliphatic heterocycles. The van der Waals surface area contributed by atoms with Gasteiger partial charge in [-0.15, -0.1) is 0 Å². The fourth-order valence-electron chi connectivity index (χ4n) is 6.41. The molecule has 0 N–H and O–H groups in total. The summed E-state index contributed by atoms with van der Waals surface area (Å²) in [6.45, 7) is 12.2. The van der Waals surface area contributed by atoms with Crippen molar-refractivity contribution in [3.05, 3.63) is 72.4 Å². The van der Waals surface area contributed by atoms with Crippen LogP contribution in [0.2, 0.25) is 0 Å². The van der Waals surface area contributed by atoms with E-state index < -0.39 is 0 Å². The number of nitrogens with zero attached hydrogens (tertiary/aromatic N) is 1. The van der Waals surface area contributed by atoms with Gasteiger partial charge in [0.2, 0.25) is 0 Å². The second kappa shape index (κ2) is 31.4. The Morgan fingerprint density at radius 2 is 0.705 bits per heavy atom. The van der Waals surface area contributed by atoms with Gasteiger partial charge in [0.05, 0.1) is 19.6 Å². The molecule has 0 saturated heterocycles. The lowest BCUT2D eigenvalue weighted by Crippen LogP contribution is -2.49. The molecule has 0 fully saturated rings. The van der Waals surface area contributed by atoms with E-state index in [0.717, 1.165) is 0 Å². The summed E-state index contributed by atoms with van der Waals surface area (Å²) in [7, 11) is 0. The second-order valence-electron chi connectivity index (χ2n) is 13.6. The molecule has 44 heavy (non-hydrogen) atoms. The average molecular weight is 607 g/mol. The highest BCUT2D eigenvalue weighted by Crippen LogP contribution is 2.22. The Bertz CT molecular complexity index is 714. The van der Waals surface area contributed by atoms with E-state index in [4.69, 9.17) is 0 Å². The van der Waals surface area contributed by atoms with Crippen LogP contribution in [0.25, 0.3) is 0 Å². The minimum atomic E-state index is 1.22. The zero-order valence-corrected chi connectivity index (χ0v) is 30.1. The lowest BCUT2D eigenvalue weighted by molar-refractivity contribution is -0.941. The number of benzene rings is 1. The summed E-state index contributed by atoms with van der Waals surface area (Å²) in [4.78, 5) is 0. The highest BCUT2D eigenvalue weighted by Gasteiger charge is 2.26.